The van der Waals surface area contributed by atoms with Gasteiger partial charge >= 0.3 is 0 Å². The van der Waals surface area contributed by atoms with Gasteiger partial charge < -0.3 is 10.6 Å². The Morgan fingerprint density at radius 3 is 2.64 bits per heavy atom. The van der Waals surface area contributed by atoms with Crippen LogP contribution in [0, 0.1) is 13.8 Å². The highest BCUT2D eigenvalue weighted by Gasteiger charge is 2.11. The lowest BCUT2D eigenvalue weighted by molar-refractivity contribution is -0.115. The Kier molecular flexibility index (Phi) is 4.81. The lowest BCUT2D eigenvalue weighted by atomic mass is 10.1. The topological polar surface area (TPSA) is 71.1 Å². The molecule has 0 radical (unpaired) electrons. The molecule has 1 aromatic heterocycles. The Balaban J connectivity index is 1.83. The van der Waals surface area contributed by atoms with Crippen molar-refractivity contribution in [3.63, 3.8) is 0 Å². The SMILES string of the molecule is CCC(=O)Nc1ccc(C)c(NC(=O)c2ccc3sc(C)nc3c2)c1. The molecule has 2 N–H and O–H groups in total. The van der Waals surface area contributed by atoms with Crippen molar-refractivity contribution in [2.75, 3.05) is 10.6 Å². The van der Waals surface area contributed by atoms with Crippen LogP contribution in [0.5, 0.6) is 0 Å². The van der Waals surface area contributed by atoms with Crippen molar-refractivity contribution in [2.45, 2.75) is 27.2 Å². The molecule has 25 heavy (non-hydrogen) atoms. The fourth-order valence-corrected chi connectivity index (χ4v) is 3.27. The Morgan fingerprint density at radius 2 is 1.88 bits per heavy atom. The average Bonchev–Trinajstić information content (AvgIpc) is 2.96. The number of anilines is 2. The normalized spacial score (nSPS) is 10.7. The molecule has 0 aliphatic carbocycles. The minimum Gasteiger partial charge on any atom is -0.326 e. The largest absolute Gasteiger partial charge is 0.326 e. The zero-order valence-corrected chi connectivity index (χ0v) is 15.2. The second-order valence-electron chi connectivity index (χ2n) is 5.80. The number of thiazole rings is 1. The molecule has 0 fully saturated rings. The van der Waals surface area contributed by atoms with Crippen LogP contribution in [0.4, 0.5) is 11.4 Å². The van der Waals surface area contributed by atoms with Gasteiger partial charge in [0, 0.05) is 23.4 Å². The first kappa shape index (κ1) is 17.1. The summed E-state index contributed by atoms with van der Waals surface area (Å²) in [5.74, 6) is -0.264. The Bertz CT molecular complexity index is 962. The molecule has 0 spiro atoms. The number of carbonyl (C=O) groups is 2. The van der Waals surface area contributed by atoms with Gasteiger partial charge in [-0.2, -0.15) is 0 Å². The predicted molar refractivity (Wildman–Crippen MR) is 102 cm³/mol. The maximum absolute atomic E-state index is 12.6. The molecule has 6 heteroatoms. The first-order valence-corrected chi connectivity index (χ1v) is 8.87. The van der Waals surface area contributed by atoms with Gasteiger partial charge in [0.2, 0.25) is 5.91 Å². The Morgan fingerprint density at radius 1 is 1.08 bits per heavy atom. The van der Waals surface area contributed by atoms with Crippen LogP contribution >= 0.6 is 11.3 Å². The van der Waals surface area contributed by atoms with E-state index in [2.05, 4.69) is 15.6 Å². The second kappa shape index (κ2) is 7.03. The van der Waals surface area contributed by atoms with E-state index in [1.807, 2.05) is 32.0 Å². The fraction of sp³-hybridized carbons (Fsp3) is 0.211. The standard InChI is InChI=1S/C19H19N3O2S/c1-4-18(23)21-14-7-5-11(2)15(10-14)22-19(24)13-6-8-17-16(9-13)20-12(3)25-17/h5-10H,4H2,1-3H3,(H,21,23)(H,22,24). The monoisotopic (exact) mass is 353 g/mol. The van der Waals surface area contributed by atoms with Gasteiger partial charge in [-0.1, -0.05) is 13.0 Å². The number of nitrogens with zero attached hydrogens (tertiary/aromatic N) is 1. The van der Waals surface area contributed by atoms with Crippen LogP contribution in [0.15, 0.2) is 36.4 Å². The zero-order valence-electron chi connectivity index (χ0n) is 14.3. The highest BCUT2D eigenvalue weighted by atomic mass is 32.1. The van der Waals surface area contributed by atoms with Gasteiger partial charge in [0.15, 0.2) is 0 Å². The van der Waals surface area contributed by atoms with Crippen LogP contribution in [0.2, 0.25) is 0 Å². The van der Waals surface area contributed by atoms with Gasteiger partial charge in [-0.05, 0) is 49.7 Å². The summed E-state index contributed by atoms with van der Waals surface area (Å²) in [4.78, 5) is 28.6. The van der Waals surface area contributed by atoms with Crippen molar-refractivity contribution in [1.29, 1.82) is 0 Å². The molecule has 1 heterocycles. The third-order valence-corrected chi connectivity index (χ3v) is 4.80. The summed E-state index contributed by atoms with van der Waals surface area (Å²) in [6.07, 6.45) is 0.405. The summed E-state index contributed by atoms with van der Waals surface area (Å²) < 4.78 is 1.06. The third kappa shape index (κ3) is 3.85. The van der Waals surface area contributed by atoms with Crippen molar-refractivity contribution in [3.8, 4) is 0 Å². The number of aromatic nitrogens is 1. The van der Waals surface area contributed by atoms with E-state index in [4.69, 9.17) is 0 Å². The molecule has 0 atom stereocenters. The number of carbonyl (C=O) groups excluding carboxylic acids is 2. The smallest absolute Gasteiger partial charge is 0.255 e. The summed E-state index contributed by atoms with van der Waals surface area (Å²) in [5, 5.41) is 6.69. The summed E-state index contributed by atoms with van der Waals surface area (Å²) in [7, 11) is 0. The van der Waals surface area contributed by atoms with Gasteiger partial charge in [0.1, 0.15) is 0 Å². The van der Waals surface area contributed by atoms with E-state index in [1.165, 1.54) is 0 Å². The summed E-state index contributed by atoms with van der Waals surface area (Å²) in [6, 6.07) is 11.0. The van der Waals surface area contributed by atoms with E-state index in [0.29, 0.717) is 23.4 Å². The quantitative estimate of drug-likeness (QED) is 0.725. The Hall–Kier alpha value is -2.73. The maximum Gasteiger partial charge on any atom is 0.255 e. The lowest BCUT2D eigenvalue weighted by Gasteiger charge is -2.11. The third-order valence-electron chi connectivity index (χ3n) is 3.85. The molecule has 0 saturated heterocycles. The first-order valence-electron chi connectivity index (χ1n) is 8.05. The van der Waals surface area contributed by atoms with E-state index in [1.54, 1.807) is 36.5 Å². The average molecular weight is 353 g/mol. The van der Waals surface area contributed by atoms with Crippen molar-refractivity contribution in [1.82, 2.24) is 4.98 Å². The molecule has 0 bridgehead atoms. The molecule has 5 nitrogen and oxygen atoms in total. The summed E-state index contributed by atoms with van der Waals surface area (Å²) >= 11 is 1.61. The minimum absolute atomic E-state index is 0.0644. The van der Waals surface area contributed by atoms with Crippen LogP contribution in [0.25, 0.3) is 10.2 Å². The van der Waals surface area contributed by atoms with Crippen molar-refractivity contribution in [2.24, 2.45) is 0 Å². The van der Waals surface area contributed by atoms with Gasteiger partial charge in [0.25, 0.3) is 5.91 Å². The van der Waals surface area contributed by atoms with Crippen LogP contribution < -0.4 is 10.6 Å². The number of fused-ring (bicyclic) bond motifs is 1. The minimum atomic E-state index is -0.199. The highest BCUT2D eigenvalue weighted by Crippen LogP contribution is 2.24. The first-order chi connectivity index (χ1) is 12.0. The van der Waals surface area contributed by atoms with Crippen LogP contribution in [-0.2, 0) is 4.79 Å². The molecular formula is C19H19N3O2S. The molecule has 3 rings (SSSR count). The predicted octanol–water partition coefficient (Wildman–Crippen LogP) is 4.51. The number of rotatable bonds is 4. The molecule has 3 aromatic rings. The number of hydrogen-bond donors (Lipinski definition) is 2. The molecule has 128 valence electrons. The van der Waals surface area contributed by atoms with Gasteiger partial charge in [-0.15, -0.1) is 11.3 Å². The van der Waals surface area contributed by atoms with Crippen molar-refractivity contribution in [3.05, 3.63) is 52.5 Å². The number of amides is 2. The summed E-state index contributed by atoms with van der Waals surface area (Å²) in [6.45, 7) is 5.65. The van der Waals surface area contributed by atoms with E-state index >= 15 is 0 Å². The molecular weight excluding hydrogens is 334 g/mol. The number of aryl methyl sites for hydroxylation is 2. The molecule has 0 aliphatic heterocycles. The van der Waals surface area contributed by atoms with Gasteiger partial charge in [-0.25, -0.2) is 4.98 Å². The van der Waals surface area contributed by atoms with E-state index in [-0.39, 0.29) is 11.8 Å². The van der Waals surface area contributed by atoms with Gasteiger partial charge in [-0.3, -0.25) is 9.59 Å². The zero-order chi connectivity index (χ0) is 18.0. The molecule has 2 aromatic carbocycles. The second-order valence-corrected chi connectivity index (χ2v) is 7.04. The molecule has 2 amide bonds. The fourth-order valence-electron chi connectivity index (χ4n) is 2.46. The van der Waals surface area contributed by atoms with Crippen LogP contribution in [0.3, 0.4) is 0 Å². The lowest BCUT2D eigenvalue weighted by Crippen LogP contribution is -2.14. The Labute approximate surface area is 150 Å². The van der Waals surface area contributed by atoms with Gasteiger partial charge in [0.05, 0.1) is 15.2 Å². The van der Waals surface area contributed by atoms with E-state index in [9.17, 15) is 9.59 Å². The number of benzene rings is 2. The molecule has 0 aliphatic rings. The molecule has 0 saturated carbocycles. The van der Waals surface area contributed by atoms with E-state index < -0.39 is 0 Å². The van der Waals surface area contributed by atoms with Crippen molar-refractivity contribution < 1.29 is 9.59 Å². The number of hydrogen-bond acceptors (Lipinski definition) is 4. The van der Waals surface area contributed by atoms with Crippen molar-refractivity contribution >= 4 is 44.7 Å². The molecule has 0 unspecified atom stereocenters. The van der Waals surface area contributed by atoms with Crippen LogP contribution in [-0.4, -0.2) is 16.8 Å². The number of nitrogens with one attached hydrogen (secondary N) is 2. The highest BCUT2D eigenvalue weighted by molar-refractivity contribution is 7.18. The van der Waals surface area contributed by atoms with Crippen LogP contribution in [0.1, 0.15) is 34.3 Å². The van der Waals surface area contributed by atoms with E-state index in [0.717, 1.165) is 20.8 Å². The summed E-state index contributed by atoms with van der Waals surface area (Å²) in [5.41, 5.74) is 3.65. The maximum atomic E-state index is 12.6.